The molecule has 0 saturated heterocycles. The van der Waals surface area contributed by atoms with Crippen LogP contribution >= 0.6 is 0 Å². The molecule has 17 heavy (non-hydrogen) atoms. The zero-order chi connectivity index (χ0) is 12.3. The number of hydrogen-bond donors (Lipinski definition) is 2. The van der Waals surface area contributed by atoms with Crippen molar-refractivity contribution in [3.63, 3.8) is 0 Å². The molecule has 2 unspecified atom stereocenters. The lowest BCUT2D eigenvalue weighted by atomic mass is 10.1. The van der Waals surface area contributed by atoms with Crippen molar-refractivity contribution in [2.24, 2.45) is 11.7 Å². The molecule has 0 radical (unpaired) electrons. The van der Waals surface area contributed by atoms with Crippen LogP contribution in [0.1, 0.15) is 25.0 Å². The number of carbonyl (C=O) groups excluding carboxylic acids is 1. The van der Waals surface area contributed by atoms with E-state index in [0.717, 1.165) is 12.2 Å². The molecule has 2 rings (SSSR count). The van der Waals surface area contributed by atoms with Crippen LogP contribution in [-0.2, 0) is 17.8 Å². The maximum absolute atomic E-state index is 11.8. The fourth-order valence-corrected chi connectivity index (χ4v) is 1.81. The van der Waals surface area contributed by atoms with Crippen molar-refractivity contribution in [3.8, 4) is 0 Å². The van der Waals surface area contributed by atoms with Crippen LogP contribution in [0.5, 0.6) is 0 Å². The van der Waals surface area contributed by atoms with Gasteiger partial charge in [0.05, 0.1) is 18.7 Å². The molecule has 3 N–H and O–H groups in total. The van der Waals surface area contributed by atoms with Gasteiger partial charge in [-0.2, -0.15) is 0 Å². The largest absolute Gasteiger partial charge is 0.444 e. The van der Waals surface area contributed by atoms with E-state index in [1.807, 2.05) is 19.1 Å². The maximum Gasteiger partial charge on any atom is 0.227 e. The van der Waals surface area contributed by atoms with E-state index in [0.29, 0.717) is 18.9 Å². The molecule has 0 aromatic carbocycles. The Morgan fingerprint density at radius 2 is 2.47 bits per heavy atom. The Balaban J connectivity index is 1.82. The van der Waals surface area contributed by atoms with Gasteiger partial charge in [-0.05, 0) is 6.42 Å². The molecular weight excluding hydrogens is 218 g/mol. The molecule has 92 valence electrons. The normalized spacial score (nSPS) is 22.9. The Morgan fingerprint density at radius 1 is 1.65 bits per heavy atom. The van der Waals surface area contributed by atoms with E-state index < -0.39 is 0 Å². The van der Waals surface area contributed by atoms with Gasteiger partial charge in [-0.25, -0.2) is 4.98 Å². The van der Waals surface area contributed by atoms with E-state index in [4.69, 9.17) is 10.2 Å². The molecule has 1 amide bonds. The van der Waals surface area contributed by atoms with E-state index in [2.05, 4.69) is 10.3 Å². The zero-order valence-corrected chi connectivity index (χ0v) is 9.85. The zero-order valence-electron chi connectivity index (χ0n) is 9.85. The molecule has 0 bridgehead atoms. The second-order valence-electron chi connectivity index (χ2n) is 4.18. The quantitative estimate of drug-likeness (QED) is 0.755. The third-order valence-electron chi connectivity index (χ3n) is 2.82. The Kier molecular flexibility index (Phi) is 3.58. The number of nitrogens with two attached hydrogens (primary N) is 1. The van der Waals surface area contributed by atoms with Gasteiger partial charge in [0, 0.05) is 12.5 Å². The first kappa shape index (κ1) is 11.9. The van der Waals surface area contributed by atoms with Gasteiger partial charge >= 0.3 is 0 Å². The van der Waals surface area contributed by atoms with Gasteiger partial charge in [0.25, 0.3) is 0 Å². The number of hydrogen-bond acceptors (Lipinski definition) is 4. The van der Waals surface area contributed by atoms with E-state index in [-0.39, 0.29) is 17.9 Å². The molecule has 2 atom stereocenters. The van der Waals surface area contributed by atoms with Gasteiger partial charge in [0.2, 0.25) is 11.8 Å². The molecule has 1 aliphatic carbocycles. The molecule has 5 nitrogen and oxygen atoms in total. The number of nitrogens with one attached hydrogen (secondary N) is 1. The number of amides is 1. The highest BCUT2D eigenvalue weighted by Crippen LogP contribution is 2.16. The molecule has 1 aliphatic rings. The molecule has 0 saturated carbocycles. The molecule has 1 aromatic rings. The van der Waals surface area contributed by atoms with Crippen LogP contribution in [0.4, 0.5) is 0 Å². The number of aromatic nitrogens is 1. The summed E-state index contributed by atoms with van der Waals surface area (Å²) in [5.41, 5.74) is 5.69. The summed E-state index contributed by atoms with van der Waals surface area (Å²) in [6.07, 6.45) is 6.89. The van der Waals surface area contributed by atoms with Gasteiger partial charge < -0.3 is 15.5 Å². The van der Waals surface area contributed by atoms with Crippen LogP contribution in [-0.4, -0.2) is 16.9 Å². The maximum atomic E-state index is 11.8. The SMILES string of the molecule is CCc1cnc(CNC(=O)C2C=CC(N)C2)o1. The summed E-state index contributed by atoms with van der Waals surface area (Å²) in [4.78, 5) is 15.8. The first-order valence-corrected chi connectivity index (χ1v) is 5.84. The van der Waals surface area contributed by atoms with Crippen LogP contribution in [0, 0.1) is 5.92 Å². The van der Waals surface area contributed by atoms with Gasteiger partial charge in [-0.3, -0.25) is 4.79 Å². The summed E-state index contributed by atoms with van der Waals surface area (Å²) in [6, 6.07) is -0.000758. The predicted octanol–water partition coefficient (Wildman–Crippen LogP) is 0.757. The molecule has 1 aromatic heterocycles. The van der Waals surface area contributed by atoms with Crippen LogP contribution in [0.3, 0.4) is 0 Å². The van der Waals surface area contributed by atoms with E-state index >= 15 is 0 Å². The summed E-state index contributed by atoms with van der Waals surface area (Å²) in [7, 11) is 0. The average Bonchev–Trinajstić information content (AvgIpc) is 2.94. The molecule has 5 heteroatoms. The number of rotatable bonds is 4. The smallest absolute Gasteiger partial charge is 0.227 e. The Bertz CT molecular complexity index is 425. The van der Waals surface area contributed by atoms with E-state index in [1.165, 1.54) is 0 Å². The third-order valence-corrected chi connectivity index (χ3v) is 2.82. The molecular formula is C12H17N3O2. The monoisotopic (exact) mass is 235 g/mol. The number of nitrogens with zero attached hydrogens (tertiary/aromatic N) is 1. The number of oxazole rings is 1. The van der Waals surface area contributed by atoms with Crippen molar-refractivity contribution < 1.29 is 9.21 Å². The summed E-state index contributed by atoms with van der Waals surface area (Å²) >= 11 is 0. The molecule has 0 fully saturated rings. The topological polar surface area (TPSA) is 81.2 Å². The Labute approximate surface area is 100 Å². The molecule has 0 spiro atoms. The summed E-state index contributed by atoms with van der Waals surface area (Å²) < 4.78 is 5.40. The Morgan fingerprint density at radius 3 is 3.06 bits per heavy atom. The van der Waals surface area contributed by atoms with Crippen LogP contribution in [0.2, 0.25) is 0 Å². The highest BCUT2D eigenvalue weighted by Gasteiger charge is 2.22. The fraction of sp³-hybridized carbons (Fsp3) is 0.500. The average molecular weight is 235 g/mol. The lowest BCUT2D eigenvalue weighted by Crippen LogP contribution is -2.30. The van der Waals surface area contributed by atoms with Crippen LogP contribution in [0.15, 0.2) is 22.8 Å². The lowest BCUT2D eigenvalue weighted by molar-refractivity contribution is -0.123. The van der Waals surface area contributed by atoms with Crippen molar-refractivity contribution in [2.75, 3.05) is 0 Å². The van der Waals surface area contributed by atoms with Gasteiger partial charge in [-0.15, -0.1) is 0 Å². The van der Waals surface area contributed by atoms with E-state index in [1.54, 1.807) is 6.20 Å². The van der Waals surface area contributed by atoms with E-state index in [9.17, 15) is 4.79 Å². The van der Waals surface area contributed by atoms with Crippen molar-refractivity contribution in [1.29, 1.82) is 0 Å². The predicted molar refractivity (Wildman–Crippen MR) is 63.0 cm³/mol. The third kappa shape index (κ3) is 2.94. The van der Waals surface area contributed by atoms with Crippen molar-refractivity contribution in [1.82, 2.24) is 10.3 Å². The highest BCUT2D eigenvalue weighted by atomic mass is 16.4. The van der Waals surface area contributed by atoms with Crippen molar-refractivity contribution in [3.05, 3.63) is 30.0 Å². The summed E-state index contributed by atoms with van der Waals surface area (Å²) in [5, 5.41) is 2.80. The number of carbonyl (C=O) groups is 1. The van der Waals surface area contributed by atoms with Crippen LogP contribution < -0.4 is 11.1 Å². The second kappa shape index (κ2) is 5.14. The van der Waals surface area contributed by atoms with Crippen molar-refractivity contribution in [2.45, 2.75) is 32.4 Å². The minimum Gasteiger partial charge on any atom is -0.444 e. The first-order valence-electron chi connectivity index (χ1n) is 5.84. The first-order chi connectivity index (χ1) is 8.19. The van der Waals surface area contributed by atoms with Gasteiger partial charge in [-0.1, -0.05) is 19.1 Å². The minimum atomic E-state index is -0.120. The van der Waals surface area contributed by atoms with Crippen molar-refractivity contribution >= 4 is 5.91 Å². The Hall–Kier alpha value is -1.62. The van der Waals surface area contributed by atoms with Crippen LogP contribution in [0.25, 0.3) is 0 Å². The van der Waals surface area contributed by atoms with Gasteiger partial charge in [0.1, 0.15) is 5.76 Å². The fourth-order valence-electron chi connectivity index (χ4n) is 1.81. The summed E-state index contributed by atoms with van der Waals surface area (Å²) in [5.74, 6) is 1.23. The standard InChI is InChI=1S/C12H17N3O2/c1-2-10-6-14-11(17-10)7-15-12(16)8-3-4-9(13)5-8/h3-4,6,8-9H,2,5,7,13H2,1H3,(H,15,16). The molecule has 0 aliphatic heterocycles. The number of aryl methyl sites for hydroxylation is 1. The second-order valence-corrected chi connectivity index (χ2v) is 4.18. The molecule has 1 heterocycles. The van der Waals surface area contributed by atoms with Gasteiger partial charge in [0.15, 0.2) is 0 Å². The summed E-state index contributed by atoms with van der Waals surface area (Å²) in [6.45, 7) is 2.33. The lowest BCUT2D eigenvalue weighted by Gasteiger charge is -2.08. The minimum absolute atomic E-state index is 0.000758. The highest BCUT2D eigenvalue weighted by molar-refractivity contribution is 5.80.